The third kappa shape index (κ3) is 3.12. The minimum Gasteiger partial charge on any atom is -0.358 e. The van der Waals surface area contributed by atoms with Gasteiger partial charge in [0, 0.05) is 24.5 Å². The fourth-order valence-electron chi connectivity index (χ4n) is 3.21. The highest BCUT2D eigenvalue weighted by Crippen LogP contribution is 2.34. The van der Waals surface area contributed by atoms with Crippen LogP contribution in [0.2, 0.25) is 0 Å². The Hall–Kier alpha value is -1.36. The van der Waals surface area contributed by atoms with Crippen molar-refractivity contribution in [2.24, 2.45) is 11.7 Å². The van der Waals surface area contributed by atoms with E-state index in [9.17, 15) is 4.79 Å². The van der Waals surface area contributed by atoms with Crippen LogP contribution in [0.4, 0.5) is 5.82 Å². The van der Waals surface area contributed by atoms with Gasteiger partial charge in [0.15, 0.2) is 5.82 Å². The highest BCUT2D eigenvalue weighted by molar-refractivity contribution is 5.36. The molecule has 0 aliphatic heterocycles. The summed E-state index contributed by atoms with van der Waals surface area (Å²) < 4.78 is 1.72. The van der Waals surface area contributed by atoms with Gasteiger partial charge in [-0.1, -0.05) is 19.8 Å². The van der Waals surface area contributed by atoms with E-state index >= 15 is 0 Å². The van der Waals surface area contributed by atoms with E-state index in [0.29, 0.717) is 18.3 Å². The van der Waals surface area contributed by atoms with Gasteiger partial charge in [-0.3, -0.25) is 4.79 Å². The lowest BCUT2D eigenvalue weighted by Crippen LogP contribution is -2.54. The zero-order valence-electron chi connectivity index (χ0n) is 13.6. The van der Waals surface area contributed by atoms with Crippen LogP contribution in [-0.2, 0) is 5.54 Å². The summed E-state index contributed by atoms with van der Waals surface area (Å²) in [7, 11) is 0. The smallest absolute Gasteiger partial charge is 0.293 e. The van der Waals surface area contributed by atoms with Crippen LogP contribution in [0.3, 0.4) is 0 Å². The third-order valence-electron chi connectivity index (χ3n) is 4.75. The Morgan fingerprint density at radius 2 is 2.19 bits per heavy atom. The summed E-state index contributed by atoms with van der Waals surface area (Å²) in [4.78, 5) is 16.9. The summed E-state index contributed by atoms with van der Waals surface area (Å²) >= 11 is 0. The maximum Gasteiger partial charge on any atom is 0.293 e. The van der Waals surface area contributed by atoms with E-state index in [1.165, 1.54) is 6.42 Å². The van der Waals surface area contributed by atoms with E-state index in [4.69, 9.17) is 5.73 Å². The van der Waals surface area contributed by atoms with E-state index in [2.05, 4.69) is 17.2 Å². The van der Waals surface area contributed by atoms with Crippen molar-refractivity contribution in [3.63, 3.8) is 0 Å². The summed E-state index contributed by atoms with van der Waals surface area (Å²) in [5, 5.41) is 3.41. The van der Waals surface area contributed by atoms with Gasteiger partial charge in [-0.15, -0.1) is 0 Å². The first-order valence-electron chi connectivity index (χ1n) is 7.86. The van der Waals surface area contributed by atoms with Crippen molar-refractivity contribution in [2.75, 3.05) is 11.9 Å². The lowest BCUT2D eigenvalue weighted by atomic mass is 9.73. The van der Waals surface area contributed by atoms with Gasteiger partial charge in [0.05, 0.1) is 5.54 Å². The molecule has 0 radical (unpaired) electrons. The van der Waals surface area contributed by atoms with Crippen molar-refractivity contribution in [1.82, 2.24) is 9.55 Å². The molecular formula is C16H28N4O. The lowest BCUT2D eigenvalue weighted by Gasteiger charge is -2.43. The Kier molecular flexibility index (Phi) is 4.42. The van der Waals surface area contributed by atoms with E-state index in [1.807, 2.05) is 20.8 Å². The Labute approximate surface area is 127 Å². The highest BCUT2D eigenvalue weighted by Gasteiger charge is 2.38. The highest BCUT2D eigenvalue weighted by atomic mass is 16.1. The van der Waals surface area contributed by atoms with Gasteiger partial charge in [0.1, 0.15) is 0 Å². The molecule has 0 amide bonds. The van der Waals surface area contributed by atoms with Gasteiger partial charge in [0.2, 0.25) is 0 Å². The predicted molar refractivity (Wildman–Crippen MR) is 86.5 cm³/mol. The van der Waals surface area contributed by atoms with E-state index in [1.54, 1.807) is 17.0 Å². The van der Waals surface area contributed by atoms with Crippen LogP contribution in [0, 0.1) is 5.92 Å². The molecule has 0 saturated heterocycles. The van der Waals surface area contributed by atoms with Crippen LogP contribution in [0.15, 0.2) is 17.2 Å². The molecule has 0 spiro atoms. The van der Waals surface area contributed by atoms with Crippen molar-refractivity contribution < 1.29 is 0 Å². The number of hydrogen-bond donors (Lipinski definition) is 2. The first-order chi connectivity index (χ1) is 9.80. The maximum atomic E-state index is 12.7. The fraction of sp³-hybridized carbons (Fsp3) is 0.750. The number of nitrogens with one attached hydrogen (secondary N) is 1. The number of aromatic nitrogens is 2. The van der Waals surface area contributed by atoms with E-state index in [-0.39, 0.29) is 16.6 Å². The van der Waals surface area contributed by atoms with Crippen molar-refractivity contribution in [2.45, 2.75) is 64.5 Å². The molecule has 2 atom stereocenters. The molecule has 0 bridgehead atoms. The second-order valence-electron chi connectivity index (χ2n) is 7.25. The predicted octanol–water partition coefficient (Wildman–Crippen LogP) is 2.32. The van der Waals surface area contributed by atoms with Gasteiger partial charge >= 0.3 is 0 Å². The lowest BCUT2D eigenvalue weighted by molar-refractivity contribution is 0.234. The van der Waals surface area contributed by atoms with Gasteiger partial charge in [0.25, 0.3) is 5.56 Å². The molecule has 1 fully saturated rings. The van der Waals surface area contributed by atoms with Crippen molar-refractivity contribution in [1.29, 1.82) is 0 Å². The SMILES string of the molecule is CC1CCCCC1(CN)Nc1nccn(C(C)(C)C)c1=O. The van der Waals surface area contributed by atoms with E-state index in [0.717, 1.165) is 19.3 Å². The van der Waals surface area contributed by atoms with Crippen LogP contribution in [0.5, 0.6) is 0 Å². The average Bonchev–Trinajstić information content (AvgIpc) is 2.42. The van der Waals surface area contributed by atoms with Crippen LogP contribution in [-0.4, -0.2) is 21.6 Å². The molecule has 118 valence electrons. The van der Waals surface area contributed by atoms with Gasteiger partial charge in [-0.05, 0) is 39.5 Å². The van der Waals surface area contributed by atoms with Crippen LogP contribution in [0.1, 0.15) is 53.4 Å². The molecule has 1 heterocycles. The molecular weight excluding hydrogens is 264 g/mol. The number of hydrogen-bond acceptors (Lipinski definition) is 4. The van der Waals surface area contributed by atoms with Crippen LogP contribution in [0.25, 0.3) is 0 Å². The zero-order chi connectivity index (χ0) is 15.7. The molecule has 5 nitrogen and oxygen atoms in total. The largest absolute Gasteiger partial charge is 0.358 e. The first kappa shape index (κ1) is 16.0. The number of nitrogens with zero attached hydrogens (tertiary/aromatic N) is 2. The molecule has 2 rings (SSSR count). The summed E-state index contributed by atoms with van der Waals surface area (Å²) in [6.07, 6.45) is 7.95. The number of nitrogens with two attached hydrogens (primary N) is 1. The zero-order valence-corrected chi connectivity index (χ0v) is 13.6. The molecule has 5 heteroatoms. The minimum atomic E-state index is -0.259. The minimum absolute atomic E-state index is 0.0735. The average molecular weight is 292 g/mol. The number of rotatable bonds is 3. The molecule has 2 unspecified atom stereocenters. The molecule has 1 aliphatic rings. The molecule has 3 N–H and O–H groups in total. The number of anilines is 1. The van der Waals surface area contributed by atoms with Crippen molar-refractivity contribution >= 4 is 5.82 Å². The summed E-state index contributed by atoms with van der Waals surface area (Å²) in [6.45, 7) is 8.78. The Morgan fingerprint density at radius 1 is 1.48 bits per heavy atom. The quantitative estimate of drug-likeness (QED) is 0.896. The van der Waals surface area contributed by atoms with Crippen LogP contribution >= 0.6 is 0 Å². The summed E-state index contributed by atoms with van der Waals surface area (Å²) in [5.41, 5.74) is 5.51. The Balaban J connectivity index is 2.37. The molecule has 21 heavy (non-hydrogen) atoms. The topological polar surface area (TPSA) is 72.9 Å². The Morgan fingerprint density at radius 3 is 2.76 bits per heavy atom. The maximum absolute atomic E-state index is 12.7. The molecule has 1 aromatic heterocycles. The second kappa shape index (κ2) is 5.79. The van der Waals surface area contributed by atoms with Crippen LogP contribution < -0.4 is 16.6 Å². The van der Waals surface area contributed by atoms with Gasteiger partial charge in [-0.2, -0.15) is 0 Å². The molecule has 1 aliphatic carbocycles. The molecule has 1 saturated carbocycles. The standard InChI is InChI=1S/C16H28N4O/c1-12-7-5-6-8-16(12,11-17)19-13-14(21)20(10-9-18-13)15(2,3)4/h9-10,12H,5-8,11,17H2,1-4H3,(H,18,19). The molecule has 0 aromatic carbocycles. The molecule has 1 aromatic rings. The second-order valence-corrected chi connectivity index (χ2v) is 7.25. The first-order valence-corrected chi connectivity index (χ1v) is 7.86. The van der Waals surface area contributed by atoms with Crippen molar-refractivity contribution in [3.8, 4) is 0 Å². The third-order valence-corrected chi connectivity index (χ3v) is 4.75. The van der Waals surface area contributed by atoms with Gasteiger partial charge < -0.3 is 15.6 Å². The normalized spacial score (nSPS) is 26.6. The summed E-state index contributed by atoms with van der Waals surface area (Å²) in [6, 6.07) is 0. The van der Waals surface area contributed by atoms with Crippen molar-refractivity contribution in [3.05, 3.63) is 22.7 Å². The Bertz CT molecular complexity index is 546. The fourth-order valence-corrected chi connectivity index (χ4v) is 3.21. The van der Waals surface area contributed by atoms with Gasteiger partial charge in [-0.25, -0.2) is 4.98 Å². The summed E-state index contributed by atoms with van der Waals surface area (Å²) in [5.74, 6) is 0.868. The van der Waals surface area contributed by atoms with E-state index < -0.39 is 0 Å². The monoisotopic (exact) mass is 292 g/mol.